The average Bonchev–Trinajstić information content (AvgIpc) is 3.28. The number of fused-ring (bicyclic) bond motifs is 1. The number of nitrogens with zero attached hydrogens (tertiary/aromatic N) is 5. The number of hydrogen-bond donors (Lipinski definition) is 1. The van der Waals surface area contributed by atoms with E-state index < -0.39 is 0 Å². The zero-order valence-corrected chi connectivity index (χ0v) is 14.3. The van der Waals surface area contributed by atoms with Gasteiger partial charge in [0, 0.05) is 36.1 Å². The molecule has 0 amide bonds. The third-order valence-corrected chi connectivity index (χ3v) is 4.18. The average molecular weight is 353 g/mol. The summed E-state index contributed by atoms with van der Waals surface area (Å²) in [6.45, 7) is 1.76. The third kappa shape index (κ3) is 3.49. The maximum Gasteiger partial charge on any atom is 0.154 e. The van der Waals surface area contributed by atoms with Gasteiger partial charge in [-0.25, -0.2) is 14.5 Å². The Balaban J connectivity index is 1.50. The number of aromatic nitrogens is 5. The summed E-state index contributed by atoms with van der Waals surface area (Å²) in [5, 5.41) is 8.71. The Morgan fingerprint density at radius 2 is 2.12 bits per heavy atom. The molecule has 3 heterocycles. The van der Waals surface area contributed by atoms with E-state index in [9.17, 15) is 0 Å². The topological polar surface area (TPSA) is 60.0 Å². The van der Waals surface area contributed by atoms with Gasteiger partial charge in [-0.15, -0.1) is 5.10 Å². The van der Waals surface area contributed by atoms with Gasteiger partial charge in [0.25, 0.3) is 0 Å². The van der Waals surface area contributed by atoms with Crippen LogP contribution in [0.2, 0.25) is 5.02 Å². The molecule has 0 radical (unpaired) electrons. The summed E-state index contributed by atoms with van der Waals surface area (Å²) < 4.78 is 3.90. The molecule has 0 aliphatic rings. The van der Waals surface area contributed by atoms with Crippen molar-refractivity contribution in [1.29, 1.82) is 0 Å². The summed E-state index contributed by atoms with van der Waals surface area (Å²) in [6, 6.07) is 11.6. The van der Waals surface area contributed by atoms with E-state index in [1.165, 1.54) is 0 Å². The second-order valence-electron chi connectivity index (χ2n) is 5.72. The van der Waals surface area contributed by atoms with Gasteiger partial charge in [-0.3, -0.25) is 0 Å². The van der Waals surface area contributed by atoms with E-state index in [0.29, 0.717) is 5.02 Å². The summed E-state index contributed by atoms with van der Waals surface area (Å²) in [4.78, 5) is 8.46. The van der Waals surface area contributed by atoms with Crippen LogP contribution in [-0.4, -0.2) is 30.7 Å². The molecule has 6 nitrogen and oxygen atoms in total. The lowest BCUT2D eigenvalue weighted by Crippen LogP contribution is -2.08. The highest BCUT2D eigenvalue weighted by atomic mass is 35.5. The number of imidazole rings is 2. The smallest absolute Gasteiger partial charge is 0.154 e. The Hall–Kier alpha value is -2.86. The normalized spacial score (nSPS) is 11.1. The monoisotopic (exact) mass is 352 g/mol. The van der Waals surface area contributed by atoms with Gasteiger partial charge in [-0.1, -0.05) is 23.7 Å². The molecule has 4 aromatic rings. The van der Waals surface area contributed by atoms with E-state index in [0.717, 1.165) is 42.2 Å². The lowest BCUT2D eigenvalue weighted by Gasteiger charge is -2.07. The first-order chi connectivity index (χ1) is 12.3. The van der Waals surface area contributed by atoms with Crippen LogP contribution >= 0.6 is 11.6 Å². The van der Waals surface area contributed by atoms with Crippen LogP contribution in [0.4, 0.5) is 5.82 Å². The van der Waals surface area contributed by atoms with Crippen molar-refractivity contribution in [2.75, 3.05) is 11.9 Å². The molecule has 25 heavy (non-hydrogen) atoms. The van der Waals surface area contributed by atoms with Gasteiger partial charge in [0.15, 0.2) is 5.65 Å². The minimum Gasteiger partial charge on any atom is -0.369 e. The van der Waals surface area contributed by atoms with Crippen molar-refractivity contribution in [2.24, 2.45) is 0 Å². The largest absolute Gasteiger partial charge is 0.369 e. The Kier molecular flexibility index (Phi) is 4.35. The molecule has 0 spiro atoms. The fourth-order valence-electron chi connectivity index (χ4n) is 2.71. The van der Waals surface area contributed by atoms with Crippen molar-refractivity contribution in [3.05, 3.63) is 66.3 Å². The predicted octanol–water partition coefficient (Wildman–Crippen LogP) is 3.75. The van der Waals surface area contributed by atoms with Gasteiger partial charge in [-0.2, -0.15) is 0 Å². The molecule has 4 rings (SSSR count). The van der Waals surface area contributed by atoms with Crippen molar-refractivity contribution in [2.45, 2.75) is 13.0 Å². The predicted molar refractivity (Wildman–Crippen MR) is 98.8 cm³/mol. The highest BCUT2D eigenvalue weighted by molar-refractivity contribution is 6.30. The quantitative estimate of drug-likeness (QED) is 0.537. The molecule has 0 saturated heterocycles. The molecular formula is C18H17ClN6. The van der Waals surface area contributed by atoms with Gasteiger partial charge in [0.2, 0.25) is 0 Å². The zero-order valence-electron chi connectivity index (χ0n) is 13.5. The Labute approximate surface area is 150 Å². The van der Waals surface area contributed by atoms with Crippen LogP contribution in [0.25, 0.3) is 16.9 Å². The first-order valence-corrected chi connectivity index (χ1v) is 8.48. The molecule has 1 aromatic carbocycles. The molecule has 0 fully saturated rings. The van der Waals surface area contributed by atoms with Gasteiger partial charge in [0.05, 0.1) is 18.2 Å². The molecule has 7 heteroatoms. The summed E-state index contributed by atoms with van der Waals surface area (Å²) >= 11 is 6.10. The molecule has 126 valence electrons. The first kappa shape index (κ1) is 15.7. The van der Waals surface area contributed by atoms with E-state index in [-0.39, 0.29) is 0 Å². The van der Waals surface area contributed by atoms with Crippen LogP contribution in [0.3, 0.4) is 0 Å². The Morgan fingerprint density at radius 1 is 1.16 bits per heavy atom. The van der Waals surface area contributed by atoms with Crippen LogP contribution in [-0.2, 0) is 6.54 Å². The van der Waals surface area contributed by atoms with Gasteiger partial charge in [0.1, 0.15) is 5.82 Å². The highest BCUT2D eigenvalue weighted by Gasteiger charge is 2.08. The lowest BCUT2D eigenvalue weighted by molar-refractivity contribution is 0.659. The standard InChI is InChI=1S/C18H17ClN6/c19-15-4-1-3-14(11-15)16-12-22-18-6-5-17(23-25(16)18)21-7-2-9-24-10-8-20-13-24/h1,3-6,8,10-13H,2,7,9H2,(H,21,23). The molecule has 0 aliphatic carbocycles. The summed E-state index contributed by atoms with van der Waals surface area (Å²) in [5.41, 5.74) is 2.71. The number of anilines is 1. The summed E-state index contributed by atoms with van der Waals surface area (Å²) in [7, 11) is 0. The van der Waals surface area contributed by atoms with Gasteiger partial charge in [-0.05, 0) is 30.7 Å². The van der Waals surface area contributed by atoms with E-state index in [4.69, 9.17) is 11.6 Å². The molecule has 1 N–H and O–H groups in total. The van der Waals surface area contributed by atoms with E-state index in [2.05, 4.69) is 25.0 Å². The van der Waals surface area contributed by atoms with Crippen molar-refractivity contribution >= 4 is 23.1 Å². The molecule has 0 saturated carbocycles. The van der Waals surface area contributed by atoms with Gasteiger partial charge >= 0.3 is 0 Å². The van der Waals surface area contributed by atoms with E-state index in [1.54, 1.807) is 6.20 Å². The highest BCUT2D eigenvalue weighted by Crippen LogP contribution is 2.23. The van der Waals surface area contributed by atoms with Crippen molar-refractivity contribution < 1.29 is 0 Å². The van der Waals surface area contributed by atoms with Crippen LogP contribution in [0, 0.1) is 0 Å². The molecule has 3 aromatic heterocycles. The number of nitrogens with one attached hydrogen (secondary N) is 1. The molecule has 0 bridgehead atoms. The van der Waals surface area contributed by atoms with Crippen molar-refractivity contribution in [3.63, 3.8) is 0 Å². The second kappa shape index (κ2) is 6.94. The summed E-state index contributed by atoms with van der Waals surface area (Å²) in [5.74, 6) is 0.819. The Bertz CT molecular complexity index is 976. The molecule has 0 aliphatic heterocycles. The minimum absolute atomic E-state index is 0.696. The van der Waals surface area contributed by atoms with E-state index in [1.807, 2.05) is 59.6 Å². The fourth-order valence-corrected chi connectivity index (χ4v) is 2.90. The van der Waals surface area contributed by atoms with Crippen LogP contribution < -0.4 is 5.32 Å². The van der Waals surface area contributed by atoms with Crippen LogP contribution in [0.5, 0.6) is 0 Å². The zero-order chi connectivity index (χ0) is 17.1. The third-order valence-electron chi connectivity index (χ3n) is 3.94. The SMILES string of the molecule is Clc1cccc(-c2cnc3ccc(NCCCn4ccnc4)nn23)c1. The molecule has 0 atom stereocenters. The Morgan fingerprint density at radius 3 is 2.96 bits per heavy atom. The van der Waals surface area contributed by atoms with Crippen LogP contribution in [0.15, 0.2) is 61.3 Å². The van der Waals surface area contributed by atoms with Crippen molar-refractivity contribution in [1.82, 2.24) is 24.1 Å². The number of benzene rings is 1. The van der Waals surface area contributed by atoms with E-state index >= 15 is 0 Å². The first-order valence-electron chi connectivity index (χ1n) is 8.10. The fraction of sp³-hybridized carbons (Fsp3) is 0.167. The second-order valence-corrected chi connectivity index (χ2v) is 6.16. The lowest BCUT2D eigenvalue weighted by atomic mass is 10.2. The number of aryl methyl sites for hydroxylation is 1. The molecule has 0 unspecified atom stereocenters. The number of halogens is 1. The number of rotatable bonds is 6. The summed E-state index contributed by atoms with van der Waals surface area (Å²) in [6.07, 6.45) is 8.39. The van der Waals surface area contributed by atoms with Crippen molar-refractivity contribution in [3.8, 4) is 11.3 Å². The minimum atomic E-state index is 0.696. The maximum absolute atomic E-state index is 6.10. The maximum atomic E-state index is 6.10. The van der Waals surface area contributed by atoms with Gasteiger partial charge < -0.3 is 9.88 Å². The molecular weight excluding hydrogens is 336 g/mol. The number of hydrogen-bond acceptors (Lipinski definition) is 4. The van der Waals surface area contributed by atoms with Crippen LogP contribution in [0.1, 0.15) is 6.42 Å².